The molecular weight excluding hydrogens is 212 g/mol. The van der Waals surface area contributed by atoms with Crippen LogP contribution in [0.5, 0.6) is 0 Å². The zero-order valence-corrected chi connectivity index (χ0v) is 11.4. The Kier molecular flexibility index (Phi) is 3.39. The molecule has 2 rings (SSSR count). The minimum absolute atomic E-state index is 0.116. The highest BCUT2D eigenvalue weighted by atomic mass is 16.3. The summed E-state index contributed by atoms with van der Waals surface area (Å²) in [7, 11) is 0. The van der Waals surface area contributed by atoms with E-state index >= 15 is 0 Å². The lowest BCUT2D eigenvalue weighted by molar-refractivity contribution is -0.0937. The minimum Gasteiger partial charge on any atom is -0.393 e. The van der Waals surface area contributed by atoms with Gasteiger partial charge in [0.2, 0.25) is 0 Å². The van der Waals surface area contributed by atoms with E-state index in [1.54, 1.807) is 0 Å². The van der Waals surface area contributed by atoms with Crippen LogP contribution in [0.2, 0.25) is 0 Å². The van der Waals surface area contributed by atoms with Crippen LogP contribution in [0.4, 0.5) is 0 Å². The Bertz CT molecular complexity index is 319. The summed E-state index contributed by atoms with van der Waals surface area (Å²) in [5.41, 5.74) is 0.799. The number of allylic oxidation sites excluding steroid dienone is 2. The quantitative estimate of drug-likeness (QED) is 0.726. The molecule has 1 spiro atoms. The maximum atomic E-state index is 10.5. The van der Waals surface area contributed by atoms with E-state index in [-0.39, 0.29) is 17.9 Å². The van der Waals surface area contributed by atoms with E-state index in [2.05, 4.69) is 19.9 Å². The molecule has 0 aliphatic heterocycles. The van der Waals surface area contributed by atoms with Crippen LogP contribution in [0.15, 0.2) is 11.6 Å². The second-order valence-corrected chi connectivity index (χ2v) is 6.53. The van der Waals surface area contributed by atoms with Crippen molar-refractivity contribution in [3.8, 4) is 0 Å². The molecule has 0 aromatic rings. The van der Waals surface area contributed by atoms with E-state index in [1.807, 2.05) is 6.92 Å². The maximum absolute atomic E-state index is 10.5. The molecule has 2 aliphatic rings. The van der Waals surface area contributed by atoms with Gasteiger partial charge in [0.05, 0.1) is 12.2 Å². The fraction of sp³-hybridized carbons (Fsp3) is 0.867. The molecule has 0 radical (unpaired) electrons. The van der Waals surface area contributed by atoms with Crippen LogP contribution in [-0.2, 0) is 0 Å². The van der Waals surface area contributed by atoms with Gasteiger partial charge in [0, 0.05) is 0 Å². The summed E-state index contributed by atoms with van der Waals surface area (Å²) in [5.74, 6) is 0.911. The molecule has 2 nitrogen and oxygen atoms in total. The van der Waals surface area contributed by atoms with Gasteiger partial charge in [-0.25, -0.2) is 0 Å². The molecule has 0 bridgehead atoms. The Morgan fingerprint density at radius 1 is 1.47 bits per heavy atom. The summed E-state index contributed by atoms with van der Waals surface area (Å²) in [5, 5.41) is 19.9. The number of rotatable bonds is 2. The average Bonchev–Trinajstić information content (AvgIpc) is 2.62. The fourth-order valence-electron chi connectivity index (χ4n) is 4.14. The van der Waals surface area contributed by atoms with E-state index in [9.17, 15) is 10.2 Å². The first-order valence-electron chi connectivity index (χ1n) is 6.91. The summed E-state index contributed by atoms with van der Waals surface area (Å²) in [6, 6.07) is 0. The Morgan fingerprint density at radius 3 is 2.71 bits per heavy atom. The summed E-state index contributed by atoms with van der Waals surface area (Å²) < 4.78 is 0. The van der Waals surface area contributed by atoms with Crippen LogP contribution in [0.25, 0.3) is 0 Å². The van der Waals surface area contributed by atoms with E-state index < -0.39 is 5.60 Å². The molecule has 2 heteroatoms. The normalized spacial score (nSPS) is 41.4. The van der Waals surface area contributed by atoms with Gasteiger partial charge in [0.15, 0.2) is 0 Å². The molecule has 98 valence electrons. The van der Waals surface area contributed by atoms with Crippen molar-refractivity contribution in [2.24, 2.45) is 17.3 Å². The van der Waals surface area contributed by atoms with Crippen molar-refractivity contribution in [3.05, 3.63) is 11.6 Å². The van der Waals surface area contributed by atoms with Gasteiger partial charge in [-0.1, -0.05) is 18.6 Å². The van der Waals surface area contributed by atoms with Crippen molar-refractivity contribution in [1.29, 1.82) is 0 Å². The topological polar surface area (TPSA) is 40.5 Å². The third-order valence-electron chi connectivity index (χ3n) is 5.45. The lowest BCUT2D eigenvalue weighted by Crippen LogP contribution is -2.47. The molecule has 0 aromatic carbocycles. The Balaban J connectivity index is 2.29. The molecule has 0 heterocycles. The molecule has 1 fully saturated rings. The highest BCUT2D eigenvalue weighted by molar-refractivity contribution is 5.14. The van der Waals surface area contributed by atoms with E-state index in [0.717, 1.165) is 19.3 Å². The number of hydrogen-bond donors (Lipinski definition) is 2. The number of aliphatic hydroxyl groups excluding tert-OH is 1. The van der Waals surface area contributed by atoms with E-state index in [1.165, 1.54) is 18.4 Å². The van der Waals surface area contributed by atoms with Crippen LogP contribution in [0.1, 0.15) is 52.9 Å². The second kappa shape index (κ2) is 4.40. The van der Waals surface area contributed by atoms with Crippen molar-refractivity contribution in [1.82, 2.24) is 0 Å². The van der Waals surface area contributed by atoms with Crippen molar-refractivity contribution in [2.45, 2.75) is 58.5 Å². The van der Waals surface area contributed by atoms with Gasteiger partial charge in [-0.15, -0.1) is 0 Å². The maximum Gasteiger partial charge on any atom is 0.0882 e. The molecule has 1 saturated carbocycles. The third-order valence-corrected chi connectivity index (χ3v) is 5.45. The monoisotopic (exact) mass is 238 g/mol. The lowest BCUT2D eigenvalue weighted by Gasteiger charge is -2.46. The average molecular weight is 238 g/mol. The Hall–Kier alpha value is -0.340. The van der Waals surface area contributed by atoms with Crippen LogP contribution in [0.3, 0.4) is 0 Å². The first-order valence-corrected chi connectivity index (χ1v) is 6.91. The van der Waals surface area contributed by atoms with Crippen LogP contribution >= 0.6 is 0 Å². The molecule has 0 aromatic heterocycles. The minimum atomic E-state index is -0.913. The van der Waals surface area contributed by atoms with Crippen molar-refractivity contribution < 1.29 is 10.2 Å². The van der Waals surface area contributed by atoms with Crippen molar-refractivity contribution >= 4 is 0 Å². The number of aliphatic hydroxyl groups is 2. The zero-order valence-electron chi connectivity index (χ0n) is 11.4. The Morgan fingerprint density at radius 2 is 2.18 bits per heavy atom. The largest absolute Gasteiger partial charge is 0.393 e. The van der Waals surface area contributed by atoms with Crippen molar-refractivity contribution in [3.63, 3.8) is 0 Å². The van der Waals surface area contributed by atoms with Crippen molar-refractivity contribution in [2.75, 3.05) is 6.61 Å². The molecule has 0 unspecified atom stereocenters. The smallest absolute Gasteiger partial charge is 0.0882 e. The van der Waals surface area contributed by atoms with E-state index in [4.69, 9.17) is 0 Å². The summed E-state index contributed by atoms with van der Waals surface area (Å²) >= 11 is 0. The van der Waals surface area contributed by atoms with E-state index in [0.29, 0.717) is 5.92 Å². The predicted octanol–water partition coefficient (Wildman–Crippen LogP) is 2.89. The molecular formula is C15H26O2. The fourth-order valence-corrected chi connectivity index (χ4v) is 4.14. The lowest BCUT2D eigenvalue weighted by atomic mass is 9.60. The van der Waals surface area contributed by atoms with Crippen LogP contribution in [-0.4, -0.2) is 22.4 Å². The molecule has 17 heavy (non-hydrogen) atoms. The highest BCUT2D eigenvalue weighted by Crippen LogP contribution is 2.58. The molecule has 2 N–H and O–H groups in total. The van der Waals surface area contributed by atoms with Gasteiger partial charge in [0.25, 0.3) is 0 Å². The second-order valence-electron chi connectivity index (χ2n) is 6.53. The number of hydrogen-bond acceptors (Lipinski definition) is 2. The van der Waals surface area contributed by atoms with Gasteiger partial charge in [-0.05, 0) is 63.2 Å². The van der Waals surface area contributed by atoms with Gasteiger partial charge >= 0.3 is 0 Å². The summed E-state index contributed by atoms with van der Waals surface area (Å²) in [6.45, 7) is 6.21. The third kappa shape index (κ3) is 2.06. The van der Waals surface area contributed by atoms with Crippen LogP contribution in [0, 0.1) is 17.3 Å². The zero-order chi connectivity index (χ0) is 12.7. The predicted molar refractivity (Wildman–Crippen MR) is 69.6 cm³/mol. The summed E-state index contributed by atoms with van der Waals surface area (Å²) in [6.07, 6.45) is 8.02. The SMILES string of the molecule is CC1=CC[C@]2(CC1)[C@@H](C)CC[C@@H]2[C@](C)(O)CO. The first-order chi connectivity index (χ1) is 7.92. The van der Waals surface area contributed by atoms with Gasteiger partial charge in [-0.3, -0.25) is 0 Å². The van der Waals surface area contributed by atoms with Gasteiger partial charge < -0.3 is 10.2 Å². The molecule has 0 amide bonds. The molecule has 4 atom stereocenters. The highest BCUT2D eigenvalue weighted by Gasteiger charge is 2.53. The first kappa shape index (κ1) is 13.1. The van der Waals surface area contributed by atoms with Gasteiger partial charge in [-0.2, -0.15) is 0 Å². The Labute approximate surface area is 105 Å². The molecule has 0 saturated heterocycles. The molecule has 2 aliphatic carbocycles. The summed E-state index contributed by atoms with van der Waals surface area (Å²) in [4.78, 5) is 0. The van der Waals surface area contributed by atoms with Gasteiger partial charge in [0.1, 0.15) is 0 Å². The van der Waals surface area contributed by atoms with Crippen LogP contribution < -0.4 is 0 Å². The standard InChI is InChI=1S/C15H26O2/c1-11-6-8-15(9-7-11)12(2)4-5-13(15)14(3,17)10-16/h6,12-13,16-17H,4-5,7-10H2,1-3H3/t12-,13+,14+,15-/m0/s1.